The molecule has 0 aliphatic carbocycles. The van der Waals surface area contributed by atoms with Crippen molar-refractivity contribution in [3.63, 3.8) is 0 Å². The SMILES string of the molecule is CN1C(C(=O)Nc2cccc(-c3cc4ccccc4o3)n2)=C(O)c2sc(-c3cc4ccccc4o3)cc2S1(=O)=O. The summed E-state index contributed by atoms with van der Waals surface area (Å²) in [6.45, 7) is 0. The smallest absolute Gasteiger partial charge is 0.278 e. The van der Waals surface area contributed by atoms with Crippen molar-refractivity contribution in [2.75, 3.05) is 12.4 Å². The van der Waals surface area contributed by atoms with Crippen LogP contribution >= 0.6 is 11.3 Å². The van der Waals surface area contributed by atoms with Crippen molar-refractivity contribution >= 4 is 60.8 Å². The van der Waals surface area contributed by atoms with E-state index >= 15 is 0 Å². The van der Waals surface area contributed by atoms with Crippen LogP contribution in [0.2, 0.25) is 0 Å². The summed E-state index contributed by atoms with van der Waals surface area (Å²) in [6.07, 6.45) is 0. The molecule has 0 spiro atoms. The van der Waals surface area contributed by atoms with Gasteiger partial charge in [-0.2, -0.15) is 0 Å². The predicted octanol–water partition coefficient (Wildman–Crippen LogP) is 6.47. The number of hydrogen-bond donors (Lipinski definition) is 2. The maximum absolute atomic E-state index is 13.4. The van der Waals surface area contributed by atoms with Gasteiger partial charge >= 0.3 is 0 Å². The molecule has 4 aromatic heterocycles. The quantitative estimate of drug-likeness (QED) is 0.249. The van der Waals surface area contributed by atoms with Gasteiger partial charge in [0.1, 0.15) is 33.3 Å². The Morgan fingerprint density at radius 1 is 0.900 bits per heavy atom. The van der Waals surface area contributed by atoms with Crippen molar-refractivity contribution in [1.29, 1.82) is 0 Å². The number of likely N-dealkylation sites (N-methyl/N-ethyl adjacent to an activating group) is 1. The largest absolute Gasteiger partial charge is 0.504 e. The summed E-state index contributed by atoms with van der Waals surface area (Å²) in [5, 5.41) is 15.5. The number of benzene rings is 2. The van der Waals surface area contributed by atoms with Crippen molar-refractivity contribution in [2.45, 2.75) is 4.90 Å². The molecule has 11 heteroatoms. The number of pyridine rings is 1. The minimum absolute atomic E-state index is 0.0580. The number of aromatic nitrogens is 1. The number of para-hydroxylation sites is 2. The lowest BCUT2D eigenvalue weighted by Crippen LogP contribution is -2.36. The Bertz CT molecular complexity index is 2050. The van der Waals surface area contributed by atoms with E-state index in [1.807, 2.05) is 54.6 Å². The second-order valence-corrected chi connectivity index (χ2v) is 12.1. The maximum atomic E-state index is 13.4. The third-order valence-electron chi connectivity index (χ3n) is 6.64. The molecule has 0 atom stereocenters. The monoisotopic (exact) mass is 569 g/mol. The number of sulfonamides is 1. The number of nitrogens with one attached hydrogen (secondary N) is 1. The van der Waals surface area contributed by atoms with E-state index in [4.69, 9.17) is 8.83 Å². The highest BCUT2D eigenvalue weighted by Crippen LogP contribution is 2.44. The second kappa shape index (κ2) is 8.83. The molecule has 2 aromatic carbocycles. The number of thiophene rings is 1. The Morgan fingerprint density at radius 3 is 2.25 bits per heavy atom. The van der Waals surface area contributed by atoms with Crippen molar-refractivity contribution in [3.8, 4) is 22.1 Å². The zero-order valence-corrected chi connectivity index (χ0v) is 22.4. The molecule has 6 aromatic rings. The first-order valence-electron chi connectivity index (χ1n) is 12.1. The molecule has 0 saturated heterocycles. The van der Waals surface area contributed by atoms with Gasteiger partial charge in [-0.05, 0) is 42.5 Å². The van der Waals surface area contributed by atoms with Crippen molar-refractivity contribution < 1.29 is 27.2 Å². The maximum Gasteiger partial charge on any atom is 0.278 e. The average Bonchev–Trinajstić information content (AvgIpc) is 3.69. The summed E-state index contributed by atoms with van der Waals surface area (Å²) < 4.78 is 39.4. The second-order valence-electron chi connectivity index (χ2n) is 9.13. The zero-order chi connectivity index (χ0) is 27.6. The fourth-order valence-corrected chi connectivity index (χ4v) is 7.42. The topological polar surface area (TPSA) is 126 Å². The Hall–Kier alpha value is -4.87. The van der Waals surface area contributed by atoms with Crippen LogP contribution in [0, 0.1) is 0 Å². The Morgan fingerprint density at radius 2 is 1.55 bits per heavy atom. The minimum Gasteiger partial charge on any atom is -0.504 e. The summed E-state index contributed by atoms with van der Waals surface area (Å²) in [5.74, 6) is -0.149. The van der Waals surface area contributed by atoms with Crippen LogP contribution in [0.5, 0.6) is 0 Å². The van der Waals surface area contributed by atoms with E-state index in [9.17, 15) is 18.3 Å². The number of carbonyl (C=O) groups is 1. The molecule has 0 bridgehead atoms. The molecule has 5 heterocycles. The number of anilines is 1. The summed E-state index contributed by atoms with van der Waals surface area (Å²) in [6, 6.07) is 25.0. The first-order valence-corrected chi connectivity index (χ1v) is 14.4. The zero-order valence-electron chi connectivity index (χ0n) is 20.8. The highest BCUT2D eigenvalue weighted by Gasteiger charge is 2.40. The third kappa shape index (κ3) is 3.78. The van der Waals surface area contributed by atoms with Gasteiger partial charge in [0.15, 0.2) is 17.2 Å². The number of furan rings is 2. The summed E-state index contributed by atoms with van der Waals surface area (Å²) in [4.78, 5) is 18.3. The number of fused-ring (bicyclic) bond motifs is 3. The Kier molecular flexibility index (Phi) is 5.34. The summed E-state index contributed by atoms with van der Waals surface area (Å²) in [7, 11) is -2.91. The molecule has 2 N–H and O–H groups in total. The molecule has 0 fully saturated rings. The van der Waals surface area contributed by atoms with Gasteiger partial charge in [0.25, 0.3) is 15.9 Å². The molecule has 1 aliphatic rings. The first-order chi connectivity index (χ1) is 19.3. The van der Waals surface area contributed by atoms with Gasteiger partial charge < -0.3 is 19.3 Å². The molecule has 0 radical (unpaired) electrons. The lowest BCUT2D eigenvalue weighted by atomic mass is 10.2. The van der Waals surface area contributed by atoms with Crippen molar-refractivity contribution in [3.05, 3.63) is 95.5 Å². The van der Waals surface area contributed by atoms with Crippen LogP contribution in [0.15, 0.2) is 104 Å². The highest BCUT2D eigenvalue weighted by atomic mass is 32.2. The summed E-state index contributed by atoms with van der Waals surface area (Å²) in [5.41, 5.74) is 1.42. The number of nitrogens with zero attached hydrogens (tertiary/aromatic N) is 2. The molecular formula is C29H19N3O6S2. The van der Waals surface area contributed by atoms with Crippen LogP contribution in [0.1, 0.15) is 4.88 Å². The van der Waals surface area contributed by atoms with Crippen LogP contribution in [-0.2, 0) is 14.8 Å². The van der Waals surface area contributed by atoms with Crippen LogP contribution in [-0.4, -0.2) is 35.8 Å². The van der Waals surface area contributed by atoms with Crippen LogP contribution < -0.4 is 5.32 Å². The van der Waals surface area contributed by atoms with Gasteiger partial charge in [0, 0.05) is 17.8 Å². The Labute approximate surface area is 231 Å². The minimum atomic E-state index is -4.14. The first kappa shape index (κ1) is 24.2. The van der Waals surface area contributed by atoms with Crippen LogP contribution in [0.25, 0.3) is 49.8 Å². The van der Waals surface area contributed by atoms with Gasteiger partial charge in [-0.15, -0.1) is 11.3 Å². The van der Waals surface area contributed by atoms with E-state index in [0.717, 1.165) is 26.4 Å². The summed E-state index contributed by atoms with van der Waals surface area (Å²) >= 11 is 1.03. The highest BCUT2D eigenvalue weighted by molar-refractivity contribution is 7.89. The van der Waals surface area contributed by atoms with E-state index in [2.05, 4.69) is 10.3 Å². The molecule has 40 heavy (non-hydrogen) atoms. The van der Waals surface area contributed by atoms with Gasteiger partial charge in [-0.1, -0.05) is 42.5 Å². The van der Waals surface area contributed by atoms with E-state index in [-0.39, 0.29) is 15.6 Å². The van der Waals surface area contributed by atoms with Crippen LogP contribution in [0.4, 0.5) is 5.82 Å². The number of aliphatic hydroxyl groups excluding tert-OH is 1. The number of rotatable bonds is 4. The lowest BCUT2D eigenvalue weighted by molar-refractivity contribution is -0.113. The molecule has 7 rings (SSSR count). The van der Waals surface area contributed by atoms with Crippen molar-refractivity contribution in [2.24, 2.45) is 0 Å². The van der Waals surface area contributed by atoms with Crippen LogP contribution in [0.3, 0.4) is 0 Å². The van der Waals surface area contributed by atoms with E-state index in [0.29, 0.717) is 33.3 Å². The third-order valence-corrected chi connectivity index (χ3v) is 9.71. The lowest BCUT2D eigenvalue weighted by Gasteiger charge is -2.26. The number of aliphatic hydroxyl groups is 1. The molecule has 0 saturated carbocycles. The molecule has 198 valence electrons. The standard InChI is InChI=1S/C29H19N3O6S2/c1-32-26(29(34)31-25-12-6-9-18(30-25)21-13-16-7-2-4-10-19(16)37-21)27(33)28-24(40(32,35)36)15-23(39-28)22-14-17-8-3-5-11-20(17)38-22/h2-15,33H,1H3,(H,30,31,34). The average molecular weight is 570 g/mol. The molecule has 0 unspecified atom stereocenters. The predicted molar refractivity (Wildman–Crippen MR) is 152 cm³/mol. The molecule has 9 nitrogen and oxygen atoms in total. The molecular weight excluding hydrogens is 550 g/mol. The number of hydrogen-bond acceptors (Lipinski definition) is 8. The van der Waals surface area contributed by atoms with Gasteiger partial charge in [0.2, 0.25) is 0 Å². The van der Waals surface area contributed by atoms with Gasteiger partial charge in [-0.25, -0.2) is 13.4 Å². The number of amides is 1. The fourth-order valence-electron chi connectivity index (χ4n) is 4.66. The number of carbonyl (C=O) groups excluding carboxylic acids is 1. The van der Waals surface area contributed by atoms with E-state index < -0.39 is 27.4 Å². The van der Waals surface area contributed by atoms with Gasteiger partial charge in [0.05, 0.1) is 9.75 Å². The van der Waals surface area contributed by atoms with Crippen molar-refractivity contribution in [1.82, 2.24) is 9.29 Å². The fraction of sp³-hybridized carbons (Fsp3) is 0.0345. The van der Waals surface area contributed by atoms with Gasteiger partial charge in [-0.3, -0.25) is 9.10 Å². The van der Waals surface area contributed by atoms with E-state index in [1.165, 1.54) is 13.1 Å². The molecule has 1 amide bonds. The normalized spacial score (nSPS) is 14.6. The molecule has 1 aliphatic heterocycles. The van der Waals surface area contributed by atoms with E-state index in [1.54, 1.807) is 24.3 Å². The Balaban J connectivity index is 1.24.